The van der Waals surface area contributed by atoms with Gasteiger partial charge in [0.25, 0.3) is 0 Å². The summed E-state index contributed by atoms with van der Waals surface area (Å²) in [6, 6.07) is 8.93. The van der Waals surface area contributed by atoms with Crippen molar-refractivity contribution in [2.24, 2.45) is 0 Å². The summed E-state index contributed by atoms with van der Waals surface area (Å²) in [4.78, 5) is 11.5. The third-order valence-corrected chi connectivity index (χ3v) is 2.84. The van der Waals surface area contributed by atoms with Crippen LogP contribution in [0, 0.1) is 0 Å². The molecule has 1 heterocycles. The van der Waals surface area contributed by atoms with Crippen molar-refractivity contribution in [1.82, 2.24) is 15.4 Å². The van der Waals surface area contributed by atoms with Gasteiger partial charge in [0.1, 0.15) is 11.6 Å². The Morgan fingerprint density at radius 2 is 2.18 bits per heavy atom. The van der Waals surface area contributed by atoms with E-state index in [0.29, 0.717) is 17.9 Å². The Bertz CT molecular complexity index is 459. The Hall–Kier alpha value is -1.82. The number of aromatic amines is 1. The van der Waals surface area contributed by atoms with E-state index in [1.807, 2.05) is 6.07 Å². The Labute approximate surface area is 103 Å². The minimum atomic E-state index is -0.300. The van der Waals surface area contributed by atoms with Gasteiger partial charge < -0.3 is 4.74 Å². The van der Waals surface area contributed by atoms with E-state index in [-0.39, 0.29) is 5.97 Å². The van der Waals surface area contributed by atoms with E-state index in [1.165, 1.54) is 11.8 Å². The average molecular weight is 249 g/mol. The highest BCUT2D eigenvalue weighted by molar-refractivity contribution is 7.99. The highest BCUT2D eigenvalue weighted by Crippen LogP contribution is 2.12. The molecule has 6 heteroatoms. The minimum Gasteiger partial charge on any atom is -0.461 e. The lowest BCUT2D eigenvalue weighted by molar-refractivity contribution is 0.0530. The van der Waals surface area contributed by atoms with Crippen molar-refractivity contribution in [3.05, 3.63) is 42.1 Å². The summed E-state index contributed by atoms with van der Waals surface area (Å²) in [6.45, 7) is 0.352. The van der Waals surface area contributed by atoms with Gasteiger partial charge in [-0.15, -0.1) is 5.10 Å². The molecule has 0 aliphatic carbocycles. The van der Waals surface area contributed by atoms with Gasteiger partial charge in [0.15, 0.2) is 0 Å². The molecule has 0 radical (unpaired) electrons. The molecular formula is C11H11N3O2S. The zero-order valence-electron chi connectivity index (χ0n) is 9.00. The van der Waals surface area contributed by atoms with Crippen LogP contribution in [0.1, 0.15) is 10.4 Å². The lowest BCUT2D eigenvalue weighted by Crippen LogP contribution is -2.07. The first-order valence-electron chi connectivity index (χ1n) is 5.07. The van der Waals surface area contributed by atoms with Gasteiger partial charge in [0, 0.05) is 5.75 Å². The predicted octanol–water partition coefficient (Wildman–Crippen LogP) is 1.75. The topological polar surface area (TPSA) is 67.9 Å². The summed E-state index contributed by atoms with van der Waals surface area (Å²) in [5.41, 5.74) is 0.568. The fourth-order valence-electron chi connectivity index (χ4n) is 1.20. The fraction of sp³-hybridized carbons (Fsp3) is 0.182. The zero-order valence-corrected chi connectivity index (χ0v) is 9.81. The largest absolute Gasteiger partial charge is 0.461 e. The number of aromatic nitrogens is 3. The van der Waals surface area contributed by atoms with Crippen molar-refractivity contribution in [3.8, 4) is 0 Å². The summed E-state index contributed by atoms with van der Waals surface area (Å²) in [6.07, 6.45) is 1.70. The number of nitrogens with zero attached hydrogens (tertiary/aromatic N) is 2. The molecule has 5 nitrogen and oxygen atoms in total. The van der Waals surface area contributed by atoms with Crippen LogP contribution in [-0.4, -0.2) is 33.7 Å². The predicted molar refractivity (Wildman–Crippen MR) is 63.8 cm³/mol. The lowest BCUT2D eigenvalue weighted by Gasteiger charge is -2.03. The van der Waals surface area contributed by atoms with Gasteiger partial charge >= 0.3 is 5.97 Å². The highest BCUT2D eigenvalue weighted by atomic mass is 32.2. The van der Waals surface area contributed by atoms with Gasteiger partial charge in [-0.25, -0.2) is 4.79 Å². The number of carbonyl (C=O) groups excluding carboxylic acids is 1. The molecule has 0 aliphatic heterocycles. The van der Waals surface area contributed by atoms with Crippen LogP contribution < -0.4 is 0 Å². The van der Waals surface area contributed by atoms with Crippen molar-refractivity contribution in [2.75, 3.05) is 12.4 Å². The van der Waals surface area contributed by atoms with Gasteiger partial charge in [0.05, 0.1) is 11.8 Å². The second-order valence-electron chi connectivity index (χ2n) is 3.16. The van der Waals surface area contributed by atoms with Gasteiger partial charge in [-0.2, -0.15) is 0 Å². The van der Waals surface area contributed by atoms with Crippen LogP contribution in [0.25, 0.3) is 0 Å². The molecule has 1 aromatic carbocycles. The van der Waals surface area contributed by atoms with Crippen LogP contribution >= 0.6 is 11.8 Å². The molecule has 0 bridgehead atoms. The average Bonchev–Trinajstić information content (AvgIpc) is 2.88. The molecule has 2 rings (SSSR count). The van der Waals surface area contributed by atoms with Crippen molar-refractivity contribution in [3.63, 3.8) is 0 Å². The molecule has 0 amide bonds. The molecule has 0 saturated heterocycles. The first-order chi connectivity index (χ1) is 8.36. The Morgan fingerprint density at radius 1 is 1.35 bits per heavy atom. The molecule has 2 aromatic rings. The second kappa shape index (κ2) is 6.05. The monoisotopic (exact) mass is 249 g/mol. The van der Waals surface area contributed by atoms with Crippen LogP contribution in [0.5, 0.6) is 0 Å². The van der Waals surface area contributed by atoms with Crippen LogP contribution in [0.4, 0.5) is 0 Å². The fourth-order valence-corrected chi connectivity index (χ4v) is 1.81. The first-order valence-corrected chi connectivity index (χ1v) is 6.06. The van der Waals surface area contributed by atoms with Crippen LogP contribution in [0.3, 0.4) is 0 Å². The van der Waals surface area contributed by atoms with Gasteiger partial charge in [-0.3, -0.25) is 5.10 Å². The van der Waals surface area contributed by atoms with Crippen molar-refractivity contribution in [2.45, 2.75) is 5.03 Å². The quantitative estimate of drug-likeness (QED) is 0.497. The maximum Gasteiger partial charge on any atom is 0.338 e. The van der Waals surface area contributed by atoms with E-state index < -0.39 is 0 Å². The number of hydrogen-bond donors (Lipinski definition) is 1. The van der Waals surface area contributed by atoms with E-state index in [1.54, 1.807) is 30.5 Å². The molecule has 0 aliphatic rings. The number of H-pyrrole nitrogens is 1. The summed E-state index contributed by atoms with van der Waals surface area (Å²) in [5.74, 6) is 0.358. The summed E-state index contributed by atoms with van der Waals surface area (Å²) in [5, 5.41) is 10.8. The number of esters is 1. The van der Waals surface area contributed by atoms with E-state index in [9.17, 15) is 4.79 Å². The number of benzene rings is 1. The summed E-state index contributed by atoms with van der Waals surface area (Å²) < 4.78 is 5.11. The first kappa shape index (κ1) is 11.7. The molecule has 0 atom stereocenters. The molecular weight excluding hydrogens is 238 g/mol. The zero-order chi connectivity index (χ0) is 11.9. The SMILES string of the molecule is O=C(OCCSc1c[nH]nn1)c1ccccc1. The molecule has 1 N–H and O–H groups in total. The van der Waals surface area contributed by atoms with Crippen molar-refractivity contribution < 1.29 is 9.53 Å². The summed E-state index contributed by atoms with van der Waals surface area (Å²) in [7, 11) is 0. The normalized spacial score (nSPS) is 10.1. The highest BCUT2D eigenvalue weighted by Gasteiger charge is 2.05. The molecule has 0 saturated carbocycles. The van der Waals surface area contributed by atoms with Crippen molar-refractivity contribution in [1.29, 1.82) is 0 Å². The van der Waals surface area contributed by atoms with Crippen LogP contribution in [0.15, 0.2) is 41.6 Å². The molecule has 0 unspecified atom stereocenters. The maximum absolute atomic E-state index is 11.5. The number of nitrogens with one attached hydrogen (secondary N) is 1. The van der Waals surface area contributed by atoms with Crippen LogP contribution in [0.2, 0.25) is 0 Å². The second-order valence-corrected chi connectivity index (χ2v) is 4.28. The molecule has 1 aromatic heterocycles. The number of carbonyl (C=O) groups is 1. The molecule has 0 fully saturated rings. The van der Waals surface area contributed by atoms with Crippen molar-refractivity contribution >= 4 is 17.7 Å². The van der Waals surface area contributed by atoms with E-state index in [4.69, 9.17) is 4.74 Å². The standard InChI is InChI=1S/C11H11N3O2S/c15-11(9-4-2-1-3-5-9)16-6-7-17-10-8-12-14-13-10/h1-5,8H,6-7H2,(H,12,13,14). The Balaban J connectivity index is 1.70. The third-order valence-electron chi connectivity index (χ3n) is 1.97. The smallest absolute Gasteiger partial charge is 0.338 e. The van der Waals surface area contributed by atoms with Gasteiger partial charge in [-0.1, -0.05) is 35.2 Å². The van der Waals surface area contributed by atoms with E-state index in [2.05, 4.69) is 15.4 Å². The number of hydrogen-bond acceptors (Lipinski definition) is 5. The molecule has 17 heavy (non-hydrogen) atoms. The minimum absolute atomic E-state index is 0.300. The Morgan fingerprint density at radius 3 is 2.88 bits per heavy atom. The van der Waals surface area contributed by atoms with Gasteiger partial charge in [-0.05, 0) is 12.1 Å². The third kappa shape index (κ3) is 3.60. The van der Waals surface area contributed by atoms with E-state index >= 15 is 0 Å². The summed E-state index contributed by atoms with van der Waals surface area (Å²) >= 11 is 1.48. The molecule has 88 valence electrons. The van der Waals surface area contributed by atoms with Gasteiger partial charge in [0.2, 0.25) is 0 Å². The number of ether oxygens (including phenoxy) is 1. The van der Waals surface area contributed by atoms with Crippen LogP contribution in [-0.2, 0) is 4.74 Å². The number of thioether (sulfide) groups is 1. The maximum atomic E-state index is 11.5. The lowest BCUT2D eigenvalue weighted by atomic mass is 10.2. The van der Waals surface area contributed by atoms with E-state index in [0.717, 1.165) is 5.03 Å². The number of rotatable bonds is 5. The Kier molecular flexibility index (Phi) is 4.15. The molecule has 0 spiro atoms.